The van der Waals surface area contributed by atoms with Crippen molar-refractivity contribution in [3.8, 4) is 11.3 Å². The minimum absolute atomic E-state index is 0.165. The van der Waals surface area contributed by atoms with Gasteiger partial charge in [-0.3, -0.25) is 9.78 Å². The summed E-state index contributed by atoms with van der Waals surface area (Å²) in [7, 11) is 3.32. The number of nitrogens with zero attached hydrogens (tertiary/aromatic N) is 4. The van der Waals surface area contributed by atoms with E-state index in [0.29, 0.717) is 18.0 Å². The number of amides is 3. The highest BCUT2D eigenvalue weighted by molar-refractivity contribution is 5.90. The maximum Gasteiger partial charge on any atom is 0.317 e. The Morgan fingerprint density at radius 2 is 2.39 bits per heavy atom. The van der Waals surface area contributed by atoms with Crippen molar-refractivity contribution in [3.05, 3.63) is 36.4 Å². The number of hydrogen-bond donors (Lipinski definition) is 1. The summed E-state index contributed by atoms with van der Waals surface area (Å²) in [5.74, 6) is 0.402. The van der Waals surface area contributed by atoms with Gasteiger partial charge in [0.15, 0.2) is 5.76 Å². The van der Waals surface area contributed by atoms with Crippen LogP contribution >= 0.6 is 0 Å². The summed E-state index contributed by atoms with van der Waals surface area (Å²) < 4.78 is 5.28. The van der Waals surface area contributed by atoms with E-state index in [0.717, 1.165) is 5.56 Å². The zero-order valence-corrected chi connectivity index (χ0v) is 12.9. The van der Waals surface area contributed by atoms with Gasteiger partial charge in [0, 0.05) is 38.1 Å². The lowest BCUT2D eigenvalue weighted by Crippen LogP contribution is -2.43. The van der Waals surface area contributed by atoms with Crippen LogP contribution in [0, 0.1) is 0 Å². The monoisotopic (exact) mass is 315 g/mol. The maximum absolute atomic E-state index is 12.3. The fourth-order valence-corrected chi connectivity index (χ4v) is 2.42. The summed E-state index contributed by atoms with van der Waals surface area (Å²) >= 11 is 0. The van der Waals surface area contributed by atoms with Crippen LogP contribution in [0.2, 0.25) is 0 Å². The molecule has 120 valence electrons. The van der Waals surface area contributed by atoms with Crippen LogP contribution < -0.4 is 5.32 Å². The molecule has 3 rings (SSSR count). The van der Waals surface area contributed by atoms with Crippen molar-refractivity contribution in [1.29, 1.82) is 0 Å². The normalized spacial score (nSPS) is 17.2. The second-order valence-electron chi connectivity index (χ2n) is 5.50. The predicted octanol–water partition coefficient (Wildman–Crippen LogP) is 0.719. The molecule has 1 atom stereocenters. The summed E-state index contributed by atoms with van der Waals surface area (Å²) in [6, 6.07) is 4.71. The van der Waals surface area contributed by atoms with E-state index < -0.39 is 6.04 Å². The third-order valence-corrected chi connectivity index (χ3v) is 3.68. The van der Waals surface area contributed by atoms with Crippen LogP contribution in [0.1, 0.15) is 5.76 Å². The Bertz CT molecular complexity index is 715. The highest BCUT2D eigenvalue weighted by Crippen LogP contribution is 2.18. The highest BCUT2D eigenvalue weighted by atomic mass is 16.5. The average molecular weight is 315 g/mol. The molecule has 3 heterocycles. The summed E-state index contributed by atoms with van der Waals surface area (Å²) in [6.07, 6.45) is 3.38. The summed E-state index contributed by atoms with van der Waals surface area (Å²) in [5, 5.41) is 6.63. The van der Waals surface area contributed by atoms with Gasteiger partial charge in [-0.25, -0.2) is 4.79 Å². The van der Waals surface area contributed by atoms with E-state index in [9.17, 15) is 9.59 Å². The lowest BCUT2D eigenvalue weighted by atomic mass is 10.2. The molecule has 1 aliphatic rings. The van der Waals surface area contributed by atoms with Crippen molar-refractivity contribution >= 4 is 11.9 Å². The van der Waals surface area contributed by atoms with Gasteiger partial charge >= 0.3 is 6.03 Å². The van der Waals surface area contributed by atoms with Crippen LogP contribution in [-0.4, -0.2) is 58.6 Å². The highest BCUT2D eigenvalue weighted by Gasteiger charge is 2.33. The van der Waals surface area contributed by atoms with Gasteiger partial charge in [-0.2, -0.15) is 0 Å². The SMILES string of the molecule is CN1C[C@H](C(=O)N(C)Cc2cc(-c3cccnc3)no2)NC1=O. The van der Waals surface area contributed by atoms with Crippen LogP contribution in [0.5, 0.6) is 0 Å². The van der Waals surface area contributed by atoms with Gasteiger partial charge < -0.3 is 19.6 Å². The van der Waals surface area contributed by atoms with E-state index in [2.05, 4.69) is 15.5 Å². The van der Waals surface area contributed by atoms with Gasteiger partial charge in [-0.1, -0.05) is 5.16 Å². The molecule has 0 aliphatic carbocycles. The Labute approximate surface area is 133 Å². The summed E-state index contributed by atoms with van der Waals surface area (Å²) in [4.78, 5) is 30.8. The van der Waals surface area contributed by atoms with Crippen molar-refractivity contribution in [2.75, 3.05) is 20.6 Å². The Hall–Kier alpha value is -2.90. The van der Waals surface area contributed by atoms with Gasteiger partial charge in [0.1, 0.15) is 11.7 Å². The largest absolute Gasteiger partial charge is 0.359 e. The molecule has 0 radical (unpaired) electrons. The topological polar surface area (TPSA) is 91.6 Å². The first-order valence-electron chi connectivity index (χ1n) is 7.17. The number of pyridine rings is 1. The molecule has 0 bridgehead atoms. The molecule has 0 saturated carbocycles. The minimum Gasteiger partial charge on any atom is -0.359 e. The van der Waals surface area contributed by atoms with Gasteiger partial charge in [0.2, 0.25) is 5.91 Å². The number of hydrogen-bond acceptors (Lipinski definition) is 5. The van der Waals surface area contributed by atoms with Crippen molar-refractivity contribution in [3.63, 3.8) is 0 Å². The molecule has 8 nitrogen and oxygen atoms in total. The zero-order chi connectivity index (χ0) is 16.4. The lowest BCUT2D eigenvalue weighted by Gasteiger charge is -2.19. The maximum atomic E-state index is 12.3. The quantitative estimate of drug-likeness (QED) is 0.897. The van der Waals surface area contributed by atoms with Crippen molar-refractivity contribution in [2.24, 2.45) is 0 Å². The number of aromatic nitrogens is 2. The molecule has 2 aromatic heterocycles. The van der Waals surface area contributed by atoms with Crippen LogP contribution in [0.4, 0.5) is 4.79 Å². The molecule has 1 aliphatic heterocycles. The Balaban J connectivity index is 1.64. The number of carbonyl (C=O) groups excluding carboxylic acids is 2. The van der Waals surface area contributed by atoms with Crippen LogP contribution in [-0.2, 0) is 11.3 Å². The molecule has 1 N–H and O–H groups in total. The Morgan fingerprint density at radius 1 is 1.57 bits per heavy atom. The van der Waals surface area contributed by atoms with Crippen LogP contribution in [0.25, 0.3) is 11.3 Å². The van der Waals surface area contributed by atoms with Crippen molar-refractivity contribution in [2.45, 2.75) is 12.6 Å². The minimum atomic E-state index is -0.529. The Kier molecular flexibility index (Phi) is 3.96. The van der Waals surface area contributed by atoms with E-state index in [1.807, 2.05) is 12.1 Å². The number of likely N-dealkylation sites (N-methyl/N-ethyl adjacent to an activating group) is 2. The van der Waals surface area contributed by atoms with Gasteiger partial charge in [-0.05, 0) is 12.1 Å². The van der Waals surface area contributed by atoms with Crippen LogP contribution in [0.3, 0.4) is 0 Å². The molecule has 23 heavy (non-hydrogen) atoms. The molecule has 3 amide bonds. The van der Waals surface area contributed by atoms with E-state index >= 15 is 0 Å². The first-order valence-corrected chi connectivity index (χ1v) is 7.17. The first-order chi connectivity index (χ1) is 11.0. The fraction of sp³-hybridized carbons (Fsp3) is 0.333. The first kappa shape index (κ1) is 15.0. The molecule has 1 saturated heterocycles. The molecule has 1 fully saturated rings. The molecular weight excluding hydrogens is 298 g/mol. The molecular formula is C15H17N5O3. The van der Waals surface area contributed by atoms with E-state index in [-0.39, 0.29) is 18.5 Å². The van der Waals surface area contributed by atoms with Gasteiger partial charge in [0.25, 0.3) is 0 Å². The fourth-order valence-electron chi connectivity index (χ4n) is 2.42. The lowest BCUT2D eigenvalue weighted by molar-refractivity contribution is -0.132. The van der Waals surface area contributed by atoms with E-state index in [1.165, 1.54) is 9.80 Å². The molecule has 2 aromatic rings. The number of urea groups is 1. The standard InChI is InChI=1S/C15H17N5O3/c1-19(14(21)13-9-20(2)15(22)17-13)8-11-6-12(18-23-11)10-4-3-5-16-7-10/h3-7,13H,8-9H2,1-2H3,(H,17,22)/t13-/m1/s1. The van der Waals surface area contributed by atoms with E-state index in [4.69, 9.17) is 4.52 Å². The molecule has 0 aromatic carbocycles. The molecule has 0 spiro atoms. The number of nitrogens with one attached hydrogen (secondary N) is 1. The average Bonchev–Trinajstić information content (AvgIpc) is 3.15. The predicted molar refractivity (Wildman–Crippen MR) is 81.2 cm³/mol. The summed E-state index contributed by atoms with van der Waals surface area (Å²) in [5.41, 5.74) is 1.52. The van der Waals surface area contributed by atoms with Gasteiger partial charge in [-0.15, -0.1) is 0 Å². The molecule has 8 heteroatoms. The second kappa shape index (κ2) is 6.07. The van der Waals surface area contributed by atoms with Crippen LogP contribution in [0.15, 0.2) is 35.1 Å². The number of carbonyl (C=O) groups is 2. The molecule has 0 unspecified atom stereocenters. The zero-order valence-electron chi connectivity index (χ0n) is 12.9. The Morgan fingerprint density at radius 3 is 3.04 bits per heavy atom. The van der Waals surface area contributed by atoms with Crippen molar-refractivity contribution in [1.82, 2.24) is 25.3 Å². The second-order valence-corrected chi connectivity index (χ2v) is 5.50. The van der Waals surface area contributed by atoms with E-state index in [1.54, 1.807) is 32.6 Å². The number of rotatable bonds is 4. The third kappa shape index (κ3) is 3.15. The summed E-state index contributed by atoms with van der Waals surface area (Å²) in [6.45, 7) is 0.640. The van der Waals surface area contributed by atoms with Crippen molar-refractivity contribution < 1.29 is 14.1 Å². The third-order valence-electron chi connectivity index (χ3n) is 3.68. The smallest absolute Gasteiger partial charge is 0.317 e. The van der Waals surface area contributed by atoms with Gasteiger partial charge in [0.05, 0.1) is 13.1 Å².